The van der Waals surface area contributed by atoms with Crippen LogP contribution in [0.4, 0.5) is 14.9 Å². The standard InChI is InChI=1S/C27H29ClFN5O2/c28-20-6-9-22-24(17-20)30-11-10-25(22)32-13-15-33(16-14-32)27(36)31-23-3-1-2-12-34(26(23)35)18-19-4-7-21(29)8-5-19/h4-11,17,23H,1-3,12-16,18H2,(H,31,36). The zero-order valence-electron chi connectivity index (χ0n) is 20.0. The molecule has 1 N–H and O–H groups in total. The zero-order valence-corrected chi connectivity index (χ0v) is 20.8. The number of halogens is 2. The molecule has 188 valence electrons. The van der Waals surface area contributed by atoms with E-state index in [9.17, 15) is 14.0 Å². The van der Waals surface area contributed by atoms with Gasteiger partial charge in [0.05, 0.1) is 5.52 Å². The molecule has 9 heteroatoms. The molecule has 2 aliphatic rings. The van der Waals surface area contributed by atoms with Crippen molar-refractivity contribution in [3.05, 3.63) is 71.1 Å². The van der Waals surface area contributed by atoms with Crippen LogP contribution in [-0.4, -0.2) is 65.5 Å². The van der Waals surface area contributed by atoms with Gasteiger partial charge in [0.15, 0.2) is 0 Å². The second kappa shape index (κ2) is 10.7. The Kier molecular flexibility index (Phi) is 7.23. The molecule has 1 aromatic heterocycles. The second-order valence-corrected chi connectivity index (χ2v) is 9.79. The summed E-state index contributed by atoms with van der Waals surface area (Å²) in [5.74, 6) is -0.376. The summed E-state index contributed by atoms with van der Waals surface area (Å²) < 4.78 is 13.3. The second-order valence-electron chi connectivity index (χ2n) is 9.35. The number of urea groups is 1. The molecule has 0 saturated carbocycles. The van der Waals surface area contributed by atoms with Crippen LogP contribution >= 0.6 is 11.6 Å². The molecule has 1 atom stereocenters. The Bertz CT molecular complexity index is 1250. The number of anilines is 1. The van der Waals surface area contributed by atoms with Crippen molar-refractivity contribution in [3.8, 4) is 0 Å². The Morgan fingerprint density at radius 3 is 2.58 bits per heavy atom. The number of carbonyl (C=O) groups excluding carboxylic acids is 2. The van der Waals surface area contributed by atoms with Crippen molar-refractivity contribution in [1.29, 1.82) is 0 Å². The van der Waals surface area contributed by atoms with Gasteiger partial charge in [-0.3, -0.25) is 9.78 Å². The fraction of sp³-hybridized carbons (Fsp3) is 0.370. The topological polar surface area (TPSA) is 68.8 Å². The normalized spacial score (nSPS) is 18.9. The maximum absolute atomic E-state index is 13.3. The lowest BCUT2D eigenvalue weighted by atomic mass is 10.1. The van der Waals surface area contributed by atoms with E-state index in [4.69, 9.17) is 11.6 Å². The van der Waals surface area contributed by atoms with Crippen molar-refractivity contribution < 1.29 is 14.0 Å². The highest BCUT2D eigenvalue weighted by Gasteiger charge is 2.31. The smallest absolute Gasteiger partial charge is 0.318 e. The maximum Gasteiger partial charge on any atom is 0.318 e. The summed E-state index contributed by atoms with van der Waals surface area (Å²) in [5, 5.41) is 4.67. The Balaban J connectivity index is 1.19. The van der Waals surface area contributed by atoms with Crippen molar-refractivity contribution in [2.75, 3.05) is 37.6 Å². The lowest BCUT2D eigenvalue weighted by Crippen LogP contribution is -2.56. The van der Waals surface area contributed by atoms with Gasteiger partial charge in [0.1, 0.15) is 11.9 Å². The van der Waals surface area contributed by atoms with Crippen LogP contribution < -0.4 is 10.2 Å². The van der Waals surface area contributed by atoms with Crippen LogP contribution in [0.5, 0.6) is 0 Å². The first-order valence-electron chi connectivity index (χ1n) is 12.4. The quantitative estimate of drug-likeness (QED) is 0.564. The van der Waals surface area contributed by atoms with Gasteiger partial charge in [0.25, 0.3) is 0 Å². The summed E-state index contributed by atoms with van der Waals surface area (Å²) in [6.45, 7) is 3.53. The van der Waals surface area contributed by atoms with Gasteiger partial charge in [-0.25, -0.2) is 9.18 Å². The van der Waals surface area contributed by atoms with Crippen molar-refractivity contribution in [2.24, 2.45) is 0 Å². The van der Waals surface area contributed by atoms with E-state index in [1.807, 2.05) is 24.3 Å². The van der Waals surface area contributed by atoms with Crippen LogP contribution in [0.15, 0.2) is 54.7 Å². The molecule has 0 spiro atoms. The first-order valence-corrected chi connectivity index (χ1v) is 12.7. The summed E-state index contributed by atoms with van der Waals surface area (Å²) in [6, 6.07) is 13.1. The number of benzene rings is 2. The van der Waals surface area contributed by atoms with Crippen LogP contribution in [0.3, 0.4) is 0 Å². The van der Waals surface area contributed by atoms with E-state index in [0.29, 0.717) is 50.7 Å². The molecule has 3 aromatic rings. The van der Waals surface area contributed by atoms with Crippen LogP contribution in [0.1, 0.15) is 24.8 Å². The van der Waals surface area contributed by atoms with Crippen LogP contribution in [-0.2, 0) is 11.3 Å². The molecule has 3 amide bonds. The van der Waals surface area contributed by atoms with Gasteiger partial charge in [0, 0.05) is 61.6 Å². The SMILES string of the molecule is O=C(NC1CCCCN(Cc2ccc(F)cc2)C1=O)N1CCN(c2ccnc3cc(Cl)ccc23)CC1. The van der Waals surface area contributed by atoms with E-state index >= 15 is 0 Å². The average molecular weight is 510 g/mol. The molecule has 5 rings (SSSR count). The molecular formula is C27H29ClFN5O2. The first kappa shape index (κ1) is 24.3. The minimum Gasteiger partial charge on any atom is -0.367 e. The van der Waals surface area contributed by atoms with E-state index in [0.717, 1.165) is 35.0 Å². The van der Waals surface area contributed by atoms with Gasteiger partial charge in [-0.15, -0.1) is 0 Å². The number of aromatic nitrogens is 1. The van der Waals surface area contributed by atoms with E-state index in [1.165, 1.54) is 12.1 Å². The fourth-order valence-electron chi connectivity index (χ4n) is 4.98. The summed E-state index contributed by atoms with van der Waals surface area (Å²) in [5.41, 5.74) is 2.79. The highest BCUT2D eigenvalue weighted by atomic mass is 35.5. The van der Waals surface area contributed by atoms with E-state index in [-0.39, 0.29) is 17.8 Å². The van der Waals surface area contributed by atoms with Crippen LogP contribution in [0, 0.1) is 5.82 Å². The molecule has 0 bridgehead atoms. The maximum atomic E-state index is 13.3. The summed E-state index contributed by atoms with van der Waals surface area (Å²) >= 11 is 6.12. The van der Waals surface area contributed by atoms with Gasteiger partial charge in [0.2, 0.25) is 5.91 Å². The number of amides is 3. The van der Waals surface area contributed by atoms with Gasteiger partial charge < -0.3 is 20.0 Å². The average Bonchev–Trinajstić information content (AvgIpc) is 3.06. The monoisotopic (exact) mass is 509 g/mol. The Morgan fingerprint density at radius 1 is 1.03 bits per heavy atom. The number of pyridine rings is 1. The van der Waals surface area contributed by atoms with Gasteiger partial charge >= 0.3 is 6.03 Å². The number of hydrogen-bond acceptors (Lipinski definition) is 4. The molecule has 1 unspecified atom stereocenters. The highest BCUT2D eigenvalue weighted by Crippen LogP contribution is 2.28. The Hall–Kier alpha value is -3.39. The van der Waals surface area contributed by atoms with Crippen molar-refractivity contribution in [3.63, 3.8) is 0 Å². The summed E-state index contributed by atoms with van der Waals surface area (Å²) in [7, 11) is 0. The lowest BCUT2D eigenvalue weighted by molar-refractivity contribution is -0.133. The molecule has 2 saturated heterocycles. The third-order valence-corrected chi connectivity index (χ3v) is 7.19. The Morgan fingerprint density at radius 2 is 1.81 bits per heavy atom. The molecule has 3 heterocycles. The van der Waals surface area contributed by atoms with Gasteiger partial charge in [-0.05, 0) is 61.2 Å². The number of likely N-dealkylation sites (tertiary alicyclic amines) is 1. The third kappa shape index (κ3) is 5.38. The lowest BCUT2D eigenvalue weighted by Gasteiger charge is -2.37. The highest BCUT2D eigenvalue weighted by molar-refractivity contribution is 6.31. The van der Waals surface area contributed by atoms with Crippen molar-refractivity contribution >= 4 is 40.1 Å². The first-order chi connectivity index (χ1) is 17.5. The number of fused-ring (bicyclic) bond motifs is 1. The number of carbonyl (C=O) groups is 2. The van der Waals surface area contributed by atoms with E-state index in [1.54, 1.807) is 28.1 Å². The van der Waals surface area contributed by atoms with E-state index in [2.05, 4.69) is 15.2 Å². The minimum atomic E-state index is -0.549. The van der Waals surface area contributed by atoms with Crippen LogP contribution in [0.25, 0.3) is 10.9 Å². The van der Waals surface area contributed by atoms with Crippen molar-refractivity contribution in [1.82, 2.24) is 20.1 Å². The van der Waals surface area contributed by atoms with Gasteiger partial charge in [-0.1, -0.05) is 23.7 Å². The number of rotatable bonds is 4. The van der Waals surface area contributed by atoms with E-state index < -0.39 is 6.04 Å². The molecule has 2 aromatic carbocycles. The minimum absolute atomic E-state index is 0.0780. The zero-order chi connectivity index (χ0) is 25.1. The number of nitrogens with one attached hydrogen (secondary N) is 1. The molecule has 2 fully saturated rings. The number of nitrogens with zero attached hydrogens (tertiary/aromatic N) is 4. The van der Waals surface area contributed by atoms with Crippen molar-refractivity contribution in [2.45, 2.75) is 31.8 Å². The molecule has 7 nitrogen and oxygen atoms in total. The predicted molar refractivity (Wildman–Crippen MR) is 139 cm³/mol. The predicted octanol–water partition coefficient (Wildman–Crippen LogP) is 4.44. The summed E-state index contributed by atoms with van der Waals surface area (Å²) in [4.78, 5) is 36.5. The molecule has 0 radical (unpaired) electrons. The number of piperazine rings is 1. The Labute approximate surface area is 214 Å². The molecule has 2 aliphatic heterocycles. The van der Waals surface area contributed by atoms with Gasteiger partial charge in [-0.2, -0.15) is 0 Å². The molecule has 36 heavy (non-hydrogen) atoms. The largest absolute Gasteiger partial charge is 0.367 e. The fourth-order valence-corrected chi connectivity index (χ4v) is 5.15. The van der Waals surface area contributed by atoms with Crippen LogP contribution in [0.2, 0.25) is 5.02 Å². The summed E-state index contributed by atoms with van der Waals surface area (Å²) in [6.07, 6.45) is 4.14. The third-order valence-electron chi connectivity index (χ3n) is 6.95. The molecule has 0 aliphatic carbocycles. The number of hydrogen-bond donors (Lipinski definition) is 1. The molecular weight excluding hydrogens is 481 g/mol.